The van der Waals surface area contributed by atoms with Gasteiger partial charge in [-0.3, -0.25) is 4.79 Å². The first-order valence-corrected chi connectivity index (χ1v) is 31.6. The van der Waals surface area contributed by atoms with Crippen molar-refractivity contribution in [1.82, 2.24) is 5.32 Å². The molecule has 19 heteroatoms. The maximum absolute atomic E-state index is 13.3. The lowest BCUT2D eigenvalue weighted by atomic mass is 9.96. The van der Waals surface area contributed by atoms with E-state index in [-0.39, 0.29) is 18.9 Å². The van der Waals surface area contributed by atoms with Crippen LogP contribution in [0.5, 0.6) is 0 Å². The Labute approximate surface area is 479 Å². The molecule has 19 nitrogen and oxygen atoms in total. The zero-order chi connectivity index (χ0) is 58.3. The molecule has 17 atom stereocenters. The molecule has 0 aromatic carbocycles. The van der Waals surface area contributed by atoms with Gasteiger partial charge in [0.2, 0.25) is 5.91 Å². The second-order valence-electron chi connectivity index (χ2n) is 22.9. The van der Waals surface area contributed by atoms with Gasteiger partial charge in [0.1, 0.15) is 73.2 Å². The smallest absolute Gasteiger partial charge is 0.220 e. The predicted molar refractivity (Wildman–Crippen MR) is 305 cm³/mol. The largest absolute Gasteiger partial charge is 0.394 e. The van der Waals surface area contributed by atoms with Gasteiger partial charge < -0.3 is 89.9 Å². The summed E-state index contributed by atoms with van der Waals surface area (Å²) in [6.07, 6.45) is 20.5. The number of allylic oxidation sites excluding steroid dienone is 3. The Balaban J connectivity index is 1.45. The summed E-state index contributed by atoms with van der Waals surface area (Å²) in [5.41, 5.74) is 0. The molecule has 1 amide bonds. The van der Waals surface area contributed by atoms with Crippen molar-refractivity contribution in [2.24, 2.45) is 0 Å². The summed E-state index contributed by atoms with van der Waals surface area (Å²) in [7, 11) is 0. The van der Waals surface area contributed by atoms with Crippen molar-refractivity contribution in [3.05, 3.63) is 24.3 Å². The minimum atomic E-state index is -1.98. The van der Waals surface area contributed by atoms with Crippen LogP contribution in [0.3, 0.4) is 0 Å². The first-order chi connectivity index (χ1) is 38.8. The summed E-state index contributed by atoms with van der Waals surface area (Å²) >= 11 is 0. The molecular formula is C61H113NO18. The van der Waals surface area contributed by atoms with Crippen LogP contribution in [0.2, 0.25) is 0 Å². The van der Waals surface area contributed by atoms with E-state index in [2.05, 4.69) is 31.3 Å². The Morgan fingerprint density at radius 2 is 0.800 bits per heavy atom. The molecule has 0 radical (unpaired) electrons. The standard InChI is InChI=1S/C61H113NO18/c1-3-5-7-9-11-13-15-16-17-18-19-20-21-22-23-24-25-26-27-28-29-30-32-34-36-38-45(66)44(62-49(67)39-37-35-33-31-14-12-10-8-6-4-2)43-75-59-55(73)52(70)57(47(41-64)77-59)80-61-56(74)53(71)58(48(42-65)78-61)79-60-54(72)51(69)50(68)46(40-63)76-60/h29-30,36,38,44-48,50-61,63-66,68-74H,3-28,31-35,37,39-43H2,1-2H3,(H,62,67)/b30-29+,38-36+. The van der Waals surface area contributed by atoms with Crippen molar-refractivity contribution in [2.45, 2.75) is 330 Å². The monoisotopic (exact) mass is 1150 g/mol. The Hall–Kier alpha value is -1.73. The molecule has 0 bridgehead atoms. The van der Waals surface area contributed by atoms with Crippen molar-refractivity contribution in [1.29, 1.82) is 0 Å². The number of amides is 1. The number of nitrogens with one attached hydrogen (secondary N) is 1. The minimum Gasteiger partial charge on any atom is -0.394 e. The third kappa shape index (κ3) is 28.0. The van der Waals surface area contributed by atoms with Crippen LogP contribution in [0.1, 0.15) is 226 Å². The SMILES string of the molecule is CCCCCCCCCCCCCCCCCCCCC/C=C/CC/C=C/C(O)C(COC1OC(CO)C(OC2OC(CO)C(OC3OC(CO)C(O)C(O)C3O)C(O)C2O)C(O)C1O)NC(=O)CCCCCCCCCCCC. The molecule has 0 aromatic rings. The highest BCUT2D eigenvalue weighted by molar-refractivity contribution is 5.76. The van der Waals surface area contributed by atoms with E-state index in [1.165, 1.54) is 154 Å². The summed E-state index contributed by atoms with van der Waals surface area (Å²) in [5, 5.41) is 120. The molecule has 12 N–H and O–H groups in total. The molecular weight excluding hydrogens is 1030 g/mol. The van der Waals surface area contributed by atoms with Crippen LogP contribution >= 0.6 is 0 Å². The average molecular weight is 1150 g/mol. The van der Waals surface area contributed by atoms with Crippen molar-refractivity contribution in [2.75, 3.05) is 26.4 Å². The van der Waals surface area contributed by atoms with Gasteiger partial charge in [0.15, 0.2) is 18.9 Å². The fourth-order valence-corrected chi connectivity index (χ4v) is 10.8. The number of carbonyl (C=O) groups excluding carboxylic acids is 1. The van der Waals surface area contributed by atoms with Gasteiger partial charge in [-0.15, -0.1) is 0 Å². The molecule has 0 spiro atoms. The van der Waals surface area contributed by atoms with E-state index in [9.17, 15) is 61.0 Å². The van der Waals surface area contributed by atoms with E-state index in [4.69, 9.17) is 28.4 Å². The molecule has 3 fully saturated rings. The third-order valence-corrected chi connectivity index (χ3v) is 16.0. The number of hydrogen-bond acceptors (Lipinski definition) is 18. The Morgan fingerprint density at radius 1 is 0.438 bits per heavy atom. The van der Waals surface area contributed by atoms with E-state index in [0.717, 1.165) is 38.5 Å². The second kappa shape index (κ2) is 44.7. The van der Waals surface area contributed by atoms with Crippen LogP contribution in [0.4, 0.5) is 0 Å². The Morgan fingerprint density at radius 3 is 1.25 bits per heavy atom. The number of unbranched alkanes of at least 4 members (excludes halogenated alkanes) is 29. The number of carbonyl (C=O) groups is 1. The zero-order valence-electron chi connectivity index (χ0n) is 49.1. The average Bonchev–Trinajstić information content (AvgIpc) is 3.47. The molecule has 3 aliphatic heterocycles. The molecule has 80 heavy (non-hydrogen) atoms. The molecule has 3 aliphatic rings. The van der Waals surface area contributed by atoms with Crippen molar-refractivity contribution in [3.8, 4) is 0 Å². The highest BCUT2D eigenvalue weighted by Gasteiger charge is 2.53. The van der Waals surface area contributed by atoms with Gasteiger partial charge in [-0.25, -0.2) is 0 Å². The number of rotatable bonds is 47. The molecule has 0 saturated carbocycles. The van der Waals surface area contributed by atoms with Crippen LogP contribution in [-0.4, -0.2) is 193 Å². The second-order valence-corrected chi connectivity index (χ2v) is 22.9. The highest BCUT2D eigenvalue weighted by atomic mass is 16.8. The lowest BCUT2D eigenvalue weighted by Gasteiger charge is -2.48. The fourth-order valence-electron chi connectivity index (χ4n) is 10.8. The van der Waals surface area contributed by atoms with Gasteiger partial charge in [-0.2, -0.15) is 0 Å². The minimum absolute atomic E-state index is 0.238. The molecule has 470 valence electrons. The van der Waals surface area contributed by atoms with Crippen molar-refractivity contribution < 1.29 is 89.4 Å². The van der Waals surface area contributed by atoms with Crippen molar-refractivity contribution in [3.63, 3.8) is 0 Å². The van der Waals surface area contributed by atoms with Gasteiger partial charge in [-0.05, 0) is 32.1 Å². The topological polar surface area (TPSA) is 307 Å². The highest BCUT2D eigenvalue weighted by Crippen LogP contribution is 2.33. The third-order valence-electron chi connectivity index (χ3n) is 16.0. The molecule has 0 aliphatic carbocycles. The summed E-state index contributed by atoms with van der Waals surface area (Å²) < 4.78 is 34.2. The predicted octanol–water partition coefficient (Wildman–Crippen LogP) is 6.32. The van der Waals surface area contributed by atoms with Crippen molar-refractivity contribution >= 4 is 5.91 Å². The maximum Gasteiger partial charge on any atom is 0.220 e. The Kier molecular flexibility index (Phi) is 40.5. The van der Waals surface area contributed by atoms with E-state index < -0.39 is 124 Å². The van der Waals surface area contributed by atoms with Gasteiger partial charge in [0.25, 0.3) is 0 Å². The van der Waals surface area contributed by atoms with E-state index >= 15 is 0 Å². The summed E-state index contributed by atoms with van der Waals surface area (Å²) in [6.45, 7) is 1.69. The van der Waals surface area contributed by atoms with E-state index in [0.29, 0.717) is 12.8 Å². The first kappa shape index (κ1) is 72.5. The van der Waals surface area contributed by atoms with Gasteiger partial charge in [0.05, 0.1) is 38.6 Å². The quantitative estimate of drug-likeness (QED) is 0.0234. The lowest BCUT2D eigenvalue weighted by Crippen LogP contribution is -2.66. The molecule has 0 aromatic heterocycles. The molecule has 3 rings (SSSR count). The van der Waals surface area contributed by atoms with E-state index in [1.54, 1.807) is 6.08 Å². The Bertz CT molecular complexity index is 1560. The first-order valence-electron chi connectivity index (χ1n) is 31.6. The van der Waals surface area contributed by atoms with Gasteiger partial charge in [0, 0.05) is 6.42 Å². The number of hydrogen-bond donors (Lipinski definition) is 12. The van der Waals surface area contributed by atoms with Crippen LogP contribution in [0.25, 0.3) is 0 Å². The van der Waals surface area contributed by atoms with Crippen LogP contribution in [0.15, 0.2) is 24.3 Å². The summed E-state index contributed by atoms with van der Waals surface area (Å²) in [5.74, 6) is -0.287. The summed E-state index contributed by atoms with van der Waals surface area (Å²) in [6, 6.07) is -0.984. The number of aliphatic hydroxyl groups is 11. The van der Waals surface area contributed by atoms with Gasteiger partial charge >= 0.3 is 0 Å². The van der Waals surface area contributed by atoms with Gasteiger partial charge in [-0.1, -0.05) is 212 Å². The number of aliphatic hydroxyl groups excluding tert-OH is 11. The lowest BCUT2D eigenvalue weighted by molar-refractivity contribution is -0.379. The normalized spacial score (nSPS) is 30.1. The molecule has 3 heterocycles. The molecule has 17 unspecified atom stereocenters. The van der Waals surface area contributed by atoms with Crippen LogP contribution in [0, 0.1) is 0 Å². The number of ether oxygens (including phenoxy) is 6. The molecule has 3 saturated heterocycles. The fraction of sp³-hybridized carbons (Fsp3) is 0.918. The summed E-state index contributed by atoms with van der Waals surface area (Å²) in [4.78, 5) is 13.3. The van der Waals surface area contributed by atoms with Crippen LogP contribution in [-0.2, 0) is 33.2 Å². The zero-order valence-corrected chi connectivity index (χ0v) is 49.1. The van der Waals surface area contributed by atoms with Crippen LogP contribution < -0.4 is 5.32 Å². The van der Waals surface area contributed by atoms with E-state index in [1.807, 2.05) is 6.08 Å². The maximum atomic E-state index is 13.3.